The van der Waals surface area contributed by atoms with Gasteiger partial charge in [0.15, 0.2) is 0 Å². The van der Waals surface area contributed by atoms with Crippen LogP contribution in [0.3, 0.4) is 0 Å². The summed E-state index contributed by atoms with van der Waals surface area (Å²) < 4.78 is 12.2. The van der Waals surface area contributed by atoms with Gasteiger partial charge in [0.1, 0.15) is 13.2 Å². The van der Waals surface area contributed by atoms with Crippen molar-refractivity contribution in [3.63, 3.8) is 0 Å². The molecule has 48 valence electrons. The van der Waals surface area contributed by atoms with E-state index in [0.29, 0.717) is 6.54 Å². The zero-order valence-electron chi connectivity index (χ0n) is 5.24. The average molecular weight is 112 g/mol. The first-order chi connectivity index (χ1) is 3.06. The first kappa shape index (κ1) is 6.89. The summed E-state index contributed by atoms with van der Waals surface area (Å²) in [7, 11) is 5.92. The normalized spacial score (nSPS) is 12.0. The van der Waals surface area contributed by atoms with Crippen LogP contribution in [-0.2, 0) is 0 Å². The van der Waals surface area contributed by atoms with E-state index in [1.165, 1.54) is 0 Å². The molecule has 2 heteroatoms. The third-order valence-electron chi connectivity index (χ3n) is 0.755. The van der Waals surface area contributed by atoms with Gasteiger partial charge >= 0.3 is 0 Å². The lowest BCUT2D eigenvalue weighted by atomic mass is 10.6. The SMILES string of the molecule is C[N+](C)(C)CCF.[2HH].[2HH]. The molecule has 0 saturated carbocycles. The highest BCUT2D eigenvalue weighted by Gasteiger charge is 2.03. The summed E-state index contributed by atoms with van der Waals surface area (Å²) in [5.41, 5.74) is 0. The molecule has 0 aliphatic heterocycles. The fourth-order valence-corrected chi connectivity index (χ4v) is 0.254. The minimum Gasteiger partial charge on any atom is -0.329 e. The Morgan fingerprint density at radius 3 is 1.86 bits per heavy atom. The summed E-state index contributed by atoms with van der Waals surface area (Å²) in [5.74, 6) is 0. The van der Waals surface area contributed by atoms with E-state index in [1.807, 2.05) is 21.1 Å². The van der Waals surface area contributed by atoms with Crippen LogP contribution in [0.4, 0.5) is 4.39 Å². The van der Waals surface area contributed by atoms with Crippen LogP contribution in [0.5, 0.6) is 0 Å². The van der Waals surface area contributed by atoms with Gasteiger partial charge in [0.25, 0.3) is 0 Å². The van der Waals surface area contributed by atoms with Gasteiger partial charge in [-0.15, -0.1) is 0 Å². The molecule has 0 atom stereocenters. The van der Waals surface area contributed by atoms with E-state index in [1.54, 1.807) is 0 Å². The van der Waals surface area contributed by atoms with Crippen LogP contribution in [-0.4, -0.2) is 38.8 Å². The lowest BCUT2D eigenvalue weighted by Crippen LogP contribution is -2.36. The molecule has 0 rings (SSSR count). The topological polar surface area (TPSA) is 0 Å². The Hall–Kier alpha value is -0.110. The predicted molar refractivity (Wildman–Crippen MR) is 33.1 cm³/mol. The molecule has 0 spiro atoms. The molecule has 0 amide bonds. The minimum atomic E-state index is -0.219. The van der Waals surface area contributed by atoms with E-state index in [4.69, 9.17) is 0 Å². The van der Waals surface area contributed by atoms with Crippen LogP contribution < -0.4 is 0 Å². The molecule has 7 heavy (non-hydrogen) atoms. The second-order valence-electron chi connectivity index (χ2n) is 2.70. The Balaban J connectivity index is -0.000000180. The van der Waals surface area contributed by atoms with E-state index in [9.17, 15) is 4.39 Å². The number of nitrogens with zero attached hydrogens (tertiary/aromatic N) is 1. The van der Waals surface area contributed by atoms with E-state index in [2.05, 4.69) is 0 Å². The molecule has 0 radical (unpaired) electrons. The van der Waals surface area contributed by atoms with Crippen molar-refractivity contribution in [3.05, 3.63) is 0 Å². The van der Waals surface area contributed by atoms with Crippen molar-refractivity contribution < 1.29 is 11.7 Å². The first-order valence-corrected chi connectivity index (χ1v) is 2.43. The fraction of sp³-hybridized carbons (Fsp3) is 1.00. The smallest absolute Gasteiger partial charge is 0.138 e. The molecule has 0 saturated heterocycles. The van der Waals surface area contributed by atoms with Crippen molar-refractivity contribution in [2.45, 2.75) is 0 Å². The van der Waals surface area contributed by atoms with Crippen LogP contribution in [0.25, 0.3) is 0 Å². The summed E-state index contributed by atoms with van der Waals surface area (Å²) in [6.07, 6.45) is 0. The fourth-order valence-electron chi connectivity index (χ4n) is 0.254. The molecule has 0 N–H and O–H groups in total. The zero-order valence-corrected chi connectivity index (χ0v) is 5.24. The largest absolute Gasteiger partial charge is 0.329 e. The summed E-state index contributed by atoms with van der Waals surface area (Å²) in [5, 5.41) is 0. The Bertz CT molecular complexity index is 53.4. The highest BCUT2D eigenvalue weighted by Crippen LogP contribution is 1.86. The summed E-state index contributed by atoms with van der Waals surface area (Å²) in [6.45, 7) is 0.392. The van der Waals surface area contributed by atoms with Crippen molar-refractivity contribution in [1.82, 2.24) is 0 Å². The zero-order chi connectivity index (χ0) is 5.91. The molecule has 0 aromatic heterocycles. The van der Waals surface area contributed by atoms with Crippen LogP contribution >= 0.6 is 0 Å². The summed E-state index contributed by atoms with van der Waals surface area (Å²) in [4.78, 5) is 0. The second-order valence-corrected chi connectivity index (χ2v) is 2.70. The van der Waals surface area contributed by atoms with Crippen LogP contribution in [0.1, 0.15) is 2.85 Å². The van der Waals surface area contributed by atoms with Crippen molar-refractivity contribution in [1.29, 1.82) is 0 Å². The minimum absolute atomic E-state index is 0. The Kier molecular flexibility index (Phi) is 2.23. The van der Waals surface area contributed by atoms with Crippen LogP contribution in [0, 0.1) is 0 Å². The van der Waals surface area contributed by atoms with E-state index in [0.717, 1.165) is 4.48 Å². The number of halogens is 1. The molecule has 0 fully saturated rings. The lowest BCUT2D eigenvalue weighted by Gasteiger charge is -2.21. The molecule has 0 unspecified atom stereocenters. The van der Waals surface area contributed by atoms with E-state index >= 15 is 0 Å². The van der Waals surface area contributed by atoms with Crippen molar-refractivity contribution in [2.75, 3.05) is 34.4 Å². The molecular weight excluding hydrogens is 93.1 g/mol. The third kappa shape index (κ3) is 5.89. The van der Waals surface area contributed by atoms with Gasteiger partial charge in [-0.05, 0) is 0 Å². The molecule has 0 heterocycles. The Morgan fingerprint density at radius 1 is 1.43 bits per heavy atom. The van der Waals surface area contributed by atoms with Gasteiger partial charge in [0.05, 0.1) is 21.1 Å². The summed E-state index contributed by atoms with van der Waals surface area (Å²) in [6, 6.07) is 0. The quantitative estimate of drug-likeness (QED) is 0.470. The van der Waals surface area contributed by atoms with Gasteiger partial charge in [0, 0.05) is 2.85 Å². The first-order valence-electron chi connectivity index (χ1n) is 2.43. The standard InChI is InChI=1S/C5H13FN.2H2/c1-7(2,3)5-4-6;;/h4-5H2,1-3H3;2*1H/q+1;;/i;2*1+1. The van der Waals surface area contributed by atoms with E-state index in [-0.39, 0.29) is 9.53 Å². The molecule has 0 bridgehead atoms. The molecule has 0 aliphatic carbocycles. The highest BCUT2D eigenvalue weighted by atomic mass is 19.1. The van der Waals surface area contributed by atoms with Crippen LogP contribution in [0.15, 0.2) is 0 Å². The van der Waals surface area contributed by atoms with Crippen molar-refractivity contribution >= 4 is 0 Å². The predicted octanol–water partition coefficient (Wildman–Crippen LogP) is 1.15. The second kappa shape index (κ2) is 2.26. The van der Waals surface area contributed by atoms with E-state index < -0.39 is 0 Å². The number of hydrogen-bond acceptors (Lipinski definition) is 0. The van der Waals surface area contributed by atoms with Crippen LogP contribution in [0.2, 0.25) is 0 Å². The van der Waals surface area contributed by atoms with Gasteiger partial charge in [-0.1, -0.05) is 0 Å². The maximum absolute atomic E-state index is 11.5. The molecular formula is C5H17FN+. The number of hydrogen-bond donors (Lipinski definition) is 0. The Morgan fingerprint density at radius 2 is 1.86 bits per heavy atom. The van der Waals surface area contributed by atoms with Crippen molar-refractivity contribution in [3.8, 4) is 0 Å². The average Bonchev–Trinajstić information content (AvgIpc) is 1.30. The van der Waals surface area contributed by atoms with Gasteiger partial charge in [-0.3, -0.25) is 0 Å². The monoisotopic (exact) mass is 112 g/mol. The number of quaternary nitrogens is 1. The maximum Gasteiger partial charge on any atom is 0.138 e. The number of rotatable bonds is 2. The van der Waals surface area contributed by atoms with Gasteiger partial charge in [-0.25, -0.2) is 4.39 Å². The maximum atomic E-state index is 11.5. The van der Waals surface area contributed by atoms with Crippen molar-refractivity contribution in [2.24, 2.45) is 0 Å². The van der Waals surface area contributed by atoms with Gasteiger partial charge < -0.3 is 4.48 Å². The molecule has 0 aromatic rings. The summed E-state index contributed by atoms with van der Waals surface area (Å²) >= 11 is 0. The Labute approximate surface area is 47.3 Å². The highest BCUT2D eigenvalue weighted by molar-refractivity contribution is 4.19. The lowest BCUT2D eigenvalue weighted by molar-refractivity contribution is -0.870. The van der Waals surface area contributed by atoms with Gasteiger partial charge in [-0.2, -0.15) is 0 Å². The molecule has 1 nitrogen and oxygen atoms in total. The third-order valence-corrected chi connectivity index (χ3v) is 0.755. The number of alkyl halides is 1. The molecule has 0 aromatic carbocycles. The molecule has 0 aliphatic rings. The van der Waals surface area contributed by atoms with Gasteiger partial charge in [0.2, 0.25) is 0 Å².